The highest BCUT2D eigenvalue weighted by Crippen LogP contribution is 2.07. The van der Waals surface area contributed by atoms with Gasteiger partial charge in [-0.1, -0.05) is 0 Å². The molecule has 1 rings (SSSR count). The topological polar surface area (TPSA) is 78.9 Å². The minimum absolute atomic E-state index is 0.0638. The highest BCUT2D eigenvalue weighted by Gasteiger charge is 2.13. The van der Waals surface area contributed by atoms with E-state index >= 15 is 0 Å². The fourth-order valence-corrected chi connectivity index (χ4v) is 1.37. The Labute approximate surface area is 108 Å². The van der Waals surface area contributed by atoms with Gasteiger partial charge in [0.05, 0.1) is 6.54 Å². The summed E-state index contributed by atoms with van der Waals surface area (Å²) in [7, 11) is 0. The molecule has 0 spiro atoms. The number of nitrogens with one attached hydrogen (secondary N) is 3. The molecule has 1 aromatic heterocycles. The van der Waals surface area contributed by atoms with Crippen LogP contribution in [0.3, 0.4) is 0 Å². The van der Waals surface area contributed by atoms with Gasteiger partial charge in [-0.05, 0) is 27.7 Å². The lowest BCUT2D eigenvalue weighted by Crippen LogP contribution is -2.43. The maximum atomic E-state index is 11.6. The molecule has 6 heteroatoms. The predicted molar refractivity (Wildman–Crippen MR) is 72.6 cm³/mol. The molecule has 0 atom stereocenters. The van der Waals surface area contributed by atoms with E-state index in [9.17, 15) is 4.79 Å². The van der Waals surface area contributed by atoms with Crippen molar-refractivity contribution in [2.24, 2.45) is 0 Å². The van der Waals surface area contributed by atoms with Crippen LogP contribution in [-0.4, -0.2) is 34.5 Å². The Morgan fingerprint density at radius 1 is 1.22 bits per heavy atom. The van der Waals surface area contributed by atoms with E-state index in [0.29, 0.717) is 5.82 Å². The average Bonchev–Trinajstić information content (AvgIpc) is 2.25. The van der Waals surface area contributed by atoms with Gasteiger partial charge in [-0.2, -0.15) is 0 Å². The van der Waals surface area contributed by atoms with Gasteiger partial charge in [0, 0.05) is 18.2 Å². The molecule has 0 aliphatic rings. The number of aromatic nitrogens is 2. The molecule has 1 heterocycles. The van der Waals surface area contributed by atoms with Gasteiger partial charge in [-0.3, -0.25) is 4.79 Å². The Bertz CT molecular complexity index is 400. The molecule has 18 heavy (non-hydrogen) atoms. The highest BCUT2D eigenvalue weighted by molar-refractivity contribution is 5.81. The summed E-state index contributed by atoms with van der Waals surface area (Å²) in [6, 6.07) is 1.77. The lowest BCUT2D eigenvalue weighted by molar-refractivity contribution is -0.120. The number of rotatable bonds is 5. The van der Waals surface area contributed by atoms with Gasteiger partial charge in [0.25, 0.3) is 0 Å². The largest absolute Gasteiger partial charge is 0.370 e. The summed E-state index contributed by atoms with van der Waals surface area (Å²) >= 11 is 0. The van der Waals surface area contributed by atoms with Gasteiger partial charge in [0.15, 0.2) is 0 Å². The maximum absolute atomic E-state index is 11.6. The minimum atomic E-state index is -0.223. The van der Waals surface area contributed by atoms with Crippen molar-refractivity contribution >= 4 is 17.5 Å². The standard InChI is InChI=1S/C12H21N5O/c1-5-13-9-6-10(16-8-15-9)14-7-11(18)17-12(2,3)4/h6,8H,5,7H2,1-4H3,(H,17,18)(H2,13,14,15,16). The molecule has 1 amide bonds. The van der Waals surface area contributed by atoms with Crippen molar-refractivity contribution in [3.8, 4) is 0 Å². The quantitative estimate of drug-likeness (QED) is 0.733. The Morgan fingerprint density at radius 2 is 1.83 bits per heavy atom. The third kappa shape index (κ3) is 5.47. The maximum Gasteiger partial charge on any atom is 0.239 e. The van der Waals surface area contributed by atoms with Crippen LogP contribution in [0.15, 0.2) is 12.4 Å². The van der Waals surface area contributed by atoms with Crippen LogP contribution in [0.5, 0.6) is 0 Å². The molecule has 3 N–H and O–H groups in total. The molecule has 0 bridgehead atoms. The molecule has 0 saturated carbocycles. The summed E-state index contributed by atoms with van der Waals surface area (Å²) in [4.78, 5) is 19.7. The number of amides is 1. The summed E-state index contributed by atoms with van der Waals surface area (Å²) < 4.78 is 0. The first-order chi connectivity index (χ1) is 8.40. The average molecular weight is 251 g/mol. The molecule has 0 saturated heterocycles. The van der Waals surface area contributed by atoms with E-state index in [1.54, 1.807) is 6.07 Å². The Morgan fingerprint density at radius 3 is 2.39 bits per heavy atom. The third-order valence-corrected chi connectivity index (χ3v) is 1.97. The fraction of sp³-hybridized carbons (Fsp3) is 0.583. The fourth-order valence-electron chi connectivity index (χ4n) is 1.37. The van der Waals surface area contributed by atoms with E-state index in [0.717, 1.165) is 12.4 Å². The van der Waals surface area contributed by atoms with Crippen molar-refractivity contribution in [2.75, 3.05) is 23.7 Å². The number of hydrogen-bond donors (Lipinski definition) is 3. The SMILES string of the molecule is CCNc1cc(NCC(=O)NC(C)(C)C)ncn1. The summed E-state index contributed by atoms with van der Waals surface area (Å²) in [5.74, 6) is 1.31. The van der Waals surface area contributed by atoms with Crippen molar-refractivity contribution in [3.05, 3.63) is 12.4 Å². The summed E-state index contributed by atoms with van der Waals surface area (Å²) in [6.45, 7) is 8.81. The van der Waals surface area contributed by atoms with Crippen LogP contribution >= 0.6 is 0 Å². The second kappa shape index (κ2) is 6.18. The van der Waals surface area contributed by atoms with Crippen LogP contribution in [0.1, 0.15) is 27.7 Å². The van der Waals surface area contributed by atoms with Crippen LogP contribution in [0.25, 0.3) is 0 Å². The summed E-state index contributed by atoms with van der Waals surface area (Å²) in [6.07, 6.45) is 1.46. The van der Waals surface area contributed by atoms with E-state index < -0.39 is 0 Å². The molecule has 0 aliphatic carbocycles. The first kappa shape index (κ1) is 14.2. The number of anilines is 2. The zero-order chi connectivity index (χ0) is 13.6. The molecular formula is C12H21N5O. The van der Waals surface area contributed by atoms with Gasteiger partial charge in [-0.15, -0.1) is 0 Å². The van der Waals surface area contributed by atoms with E-state index in [1.165, 1.54) is 6.33 Å². The Kier molecular flexibility index (Phi) is 4.88. The van der Waals surface area contributed by atoms with Crippen LogP contribution < -0.4 is 16.0 Å². The Hall–Kier alpha value is -1.85. The lowest BCUT2D eigenvalue weighted by atomic mass is 10.1. The van der Waals surface area contributed by atoms with Gasteiger partial charge in [0.1, 0.15) is 18.0 Å². The van der Waals surface area contributed by atoms with Crippen molar-refractivity contribution < 1.29 is 4.79 Å². The van der Waals surface area contributed by atoms with Gasteiger partial charge < -0.3 is 16.0 Å². The second-order valence-corrected chi connectivity index (χ2v) is 4.97. The smallest absolute Gasteiger partial charge is 0.239 e. The van der Waals surface area contributed by atoms with Gasteiger partial charge in [-0.25, -0.2) is 9.97 Å². The molecule has 0 aromatic carbocycles. The molecule has 0 fully saturated rings. The van der Waals surface area contributed by atoms with E-state index in [4.69, 9.17) is 0 Å². The van der Waals surface area contributed by atoms with Crippen LogP contribution in [-0.2, 0) is 4.79 Å². The predicted octanol–water partition coefficient (Wildman–Crippen LogP) is 1.23. The monoisotopic (exact) mass is 251 g/mol. The van der Waals surface area contributed by atoms with Crippen LogP contribution in [0.2, 0.25) is 0 Å². The van der Waals surface area contributed by atoms with Gasteiger partial charge in [0.2, 0.25) is 5.91 Å². The van der Waals surface area contributed by atoms with Crippen LogP contribution in [0.4, 0.5) is 11.6 Å². The molecular weight excluding hydrogens is 230 g/mol. The minimum Gasteiger partial charge on any atom is -0.370 e. The normalized spacial score (nSPS) is 10.9. The third-order valence-electron chi connectivity index (χ3n) is 1.97. The van der Waals surface area contributed by atoms with E-state index in [-0.39, 0.29) is 18.0 Å². The van der Waals surface area contributed by atoms with E-state index in [2.05, 4.69) is 25.9 Å². The van der Waals surface area contributed by atoms with Crippen molar-refractivity contribution in [1.82, 2.24) is 15.3 Å². The number of nitrogens with zero attached hydrogens (tertiary/aromatic N) is 2. The Balaban J connectivity index is 2.48. The molecule has 1 aromatic rings. The molecule has 0 unspecified atom stereocenters. The number of carbonyl (C=O) groups is 1. The number of carbonyl (C=O) groups excluding carboxylic acids is 1. The molecule has 6 nitrogen and oxygen atoms in total. The first-order valence-electron chi connectivity index (χ1n) is 6.01. The summed E-state index contributed by atoms with van der Waals surface area (Å²) in [5, 5.41) is 8.91. The highest BCUT2D eigenvalue weighted by atomic mass is 16.2. The van der Waals surface area contributed by atoms with Crippen molar-refractivity contribution in [3.63, 3.8) is 0 Å². The zero-order valence-corrected chi connectivity index (χ0v) is 11.4. The first-order valence-corrected chi connectivity index (χ1v) is 6.01. The molecule has 0 aliphatic heterocycles. The zero-order valence-electron chi connectivity index (χ0n) is 11.4. The van der Waals surface area contributed by atoms with Gasteiger partial charge >= 0.3 is 0 Å². The molecule has 100 valence electrons. The summed E-state index contributed by atoms with van der Waals surface area (Å²) in [5.41, 5.74) is -0.223. The van der Waals surface area contributed by atoms with E-state index in [1.807, 2.05) is 27.7 Å². The number of hydrogen-bond acceptors (Lipinski definition) is 5. The molecule has 0 radical (unpaired) electrons. The van der Waals surface area contributed by atoms with Crippen molar-refractivity contribution in [2.45, 2.75) is 33.2 Å². The van der Waals surface area contributed by atoms with Crippen LogP contribution in [0, 0.1) is 0 Å². The lowest BCUT2D eigenvalue weighted by Gasteiger charge is -2.20. The second-order valence-electron chi connectivity index (χ2n) is 4.97. The van der Waals surface area contributed by atoms with Crippen molar-refractivity contribution in [1.29, 1.82) is 0 Å².